The Morgan fingerprint density at radius 3 is 2.35 bits per heavy atom. The predicted octanol–water partition coefficient (Wildman–Crippen LogP) is 2.48. The van der Waals surface area contributed by atoms with Crippen LogP contribution in [0, 0.1) is 11.8 Å². The summed E-state index contributed by atoms with van der Waals surface area (Å²) < 4.78 is 0. The number of rotatable bonds is 3. The molecule has 1 aliphatic rings. The van der Waals surface area contributed by atoms with Gasteiger partial charge in [-0.15, -0.1) is 12.4 Å². The molecule has 4 heteroatoms. The molecule has 0 aliphatic carbocycles. The summed E-state index contributed by atoms with van der Waals surface area (Å²) in [5, 5.41) is 0. The van der Waals surface area contributed by atoms with E-state index >= 15 is 0 Å². The van der Waals surface area contributed by atoms with Crippen molar-refractivity contribution in [2.24, 2.45) is 17.6 Å². The van der Waals surface area contributed by atoms with Crippen LogP contribution in [0.4, 0.5) is 0 Å². The number of carbonyl (C=O) groups is 1. The van der Waals surface area contributed by atoms with Crippen molar-refractivity contribution in [3.05, 3.63) is 35.9 Å². The summed E-state index contributed by atoms with van der Waals surface area (Å²) in [6.45, 7) is 6.12. The molecule has 0 aromatic heterocycles. The lowest BCUT2D eigenvalue weighted by molar-refractivity contribution is -0.135. The first-order chi connectivity index (χ1) is 9.06. The first-order valence-corrected chi connectivity index (χ1v) is 7.14. The van der Waals surface area contributed by atoms with Gasteiger partial charge in [0.05, 0.1) is 6.04 Å². The van der Waals surface area contributed by atoms with Gasteiger partial charge < -0.3 is 10.6 Å². The molecule has 0 saturated carbocycles. The van der Waals surface area contributed by atoms with Gasteiger partial charge in [0.1, 0.15) is 0 Å². The van der Waals surface area contributed by atoms with Crippen LogP contribution in [0.15, 0.2) is 30.3 Å². The van der Waals surface area contributed by atoms with E-state index in [1.54, 1.807) is 0 Å². The Kier molecular flexibility index (Phi) is 6.50. The van der Waals surface area contributed by atoms with Crippen molar-refractivity contribution in [1.29, 1.82) is 0 Å². The maximum Gasteiger partial charge on any atom is 0.239 e. The summed E-state index contributed by atoms with van der Waals surface area (Å²) in [5.41, 5.74) is 7.21. The smallest absolute Gasteiger partial charge is 0.239 e. The third-order valence-corrected chi connectivity index (χ3v) is 3.80. The van der Waals surface area contributed by atoms with Gasteiger partial charge in [0.2, 0.25) is 5.91 Å². The van der Waals surface area contributed by atoms with E-state index in [0.717, 1.165) is 18.7 Å². The van der Waals surface area contributed by atoms with Gasteiger partial charge in [-0.25, -0.2) is 0 Å². The van der Waals surface area contributed by atoms with E-state index in [-0.39, 0.29) is 18.3 Å². The number of benzene rings is 1. The van der Waals surface area contributed by atoms with Gasteiger partial charge in [-0.1, -0.05) is 44.2 Å². The number of hydrogen-bond donors (Lipinski definition) is 1. The molecule has 1 saturated heterocycles. The molecular formula is C16H25ClN2O. The first kappa shape index (κ1) is 17.0. The molecule has 1 fully saturated rings. The molecule has 1 heterocycles. The standard InChI is InChI=1S/C16H24N2O.ClH/c1-12-8-13(2)11-18(10-12)16(19)15(17)9-14-6-4-3-5-7-14;/h3-7,12-13,15H,8-11,17H2,1-2H3;1H/t12?,13?,15-;/m0./s1. The second kappa shape index (κ2) is 7.65. The first-order valence-electron chi connectivity index (χ1n) is 7.14. The zero-order chi connectivity index (χ0) is 13.8. The highest BCUT2D eigenvalue weighted by molar-refractivity contribution is 5.85. The Morgan fingerprint density at radius 2 is 1.80 bits per heavy atom. The molecule has 3 nitrogen and oxygen atoms in total. The van der Waals surface area contributed by atoms with Gasteiger partial charge in [0, 0.05) is 13.1 Å². The fourth-order valence-corrected chi connectivity index (χ4v) is 3.03. The number of piperidine rings is 1. The second-order valence-corrected chi connectivity index (χ2v) is 5.99. The minimum Gasteiger partial charge on any atom is -0.341 e. The normalized spacial score (nSPS) is 23.9. The van der Waals surface area contributed by atoms with E-state index in [1.165, 1.54) is 6.42 Å². The van der Waals surface area contributed by atoms with Crippen LogP contribution in [0.5, 0.6) is 0 Å². The summed E-state index contributed by atoms with van der Waals surface area (Å²) in [4.78, 5) is 14.3. The summed E-state index contributed by atoms with van der Waals surface area (Å²) in [6.07, 6.45) is 1.83. The van der Waals surface area contributed by atoms with Crippen LogP contribution in [0.2, 0.25) is 0 Å². The molecule has 0 radical (unpaired) electrons. The van der Waals surface area contributed by atoms with Crippen LogP contribution in [0.25, 0.3) is 0 Å². The molecular weight excluding hydrogens is 272 g/mol. The second-order valence-electron chi connectivity index (χ2n) is 5.99. The lowest BCUT2D eigenvalue weighted by Crippen LogP contribution is -2.50. The van der Waals surface area contributed by atoms with Crippen LogP contribution < -0.4 is 5.73 Å². The minimum atomic E-state index is -0.417. The number of carbonyl (C=O) groups excluding carboxylic acids is 1. The quantitative estimate of drug-likeness (QED) is 0.931. The molecule has 2 unspecified atom stereocenters. The maximum absolute atomic E-state index is 12.4. The van der Waals surface area contributed by atoms with Crippen molar-refractivity contribution in [2.75, 3.05) is 13.1 Å². The van der Waals surface area contributed by atoms with E-state index in [0.29, 0.717) is 18.3 Å². The van der Waals surface area contributed by atoms with Crippen molar-refractivity contribution in [1.82, 2.24) is 4.90 Å². The highest BCUT2D eigenvalue weighted by atomic mass is 35.5. The molecule has 20 heavy (non-hydrogen) atoms. The number of likely N-dealkylation sites (tertiary alicyclic amines) is 1. The number of nitrogens with two attached hydrogens (primary N) is 1. The van der Waals surface area contributed by atoms with Crippen LogP contribution >= 0.6 is 12.4 Å². The Balaban J connectivity index is 0.00000200. The van der Waals surface area contributed by atoms with E-state index in [2.05, 4.69) is 13.8 Å². The van der Waals surface area contributed by atoms with E-state index in [9.17, 15) is 4.79 Å². The lowest BCUT2D eigenvalue weighted by Gasteiger charge is -2.36. The third kappa shape index (κ3) is 4.50. The van der Waals surface area contributed by atoms with Crippen LogP contribution in [0.1, 0.15) is 25.8 Å². The van der Waals surface area contributed by atoms with Gasteiger partial charge in [0.15, 0.2) is 0 Å². The topological polar surface area (TPSA) is 46.3 Å². The highest BCUT2D eigenvalue weighted by Crippen LogP contribution is 2.21. The fourth-order valence-electron chi connectivity index (χ4n) is 3.03. The van der Waals surface area contributed by atoms with Gasteiger partial charge in [-0.05, 0) is 30.2 Å². The average Bonchev–Trinajstić information content (AvgIpc) is 2.37. The van der Waals surface area contributed by atoms with Crippen LogP contribution in [-0.4, -0.2) is 29.9 Å². The van der Waals surface area contributed by atoms with Crippen molar-refractivity contribution < 1.29 is 4.79 Å². The third-order valence-electron chi connectivity index (χ3n) is 3.80. The predicted molar refractivity (Wildman–Crippen MR) is 84.9 cm³/mol. The average molecular weight is 297 g/mol. The molecule has 1 aromatic carbocycles. The van der Waals surface area contributed by atoms with Crippen LogP contribution in [-0.2, 0) is 11.2 Å². The number of hydrogen-bond acceptors (Lipinski definition) is 2. The van der Waals surface area contributed by atoms with Gasteiger partial charge in [-0.3, -0.25) is 4.79 Å². The Morgan fingerprint density at radius 1 is 1.25 bits per heavy atom. The van der Waals surface area contributed by atoms with Crippen molar-refractivity contribution >= 4 is 18.3 Å². The summed E-state index contributed by atoms with van der Waals surface area (Å²) in [6, 6.07) is 9.57. The summed E-state index contributed by atoms with van der Waals surface area (Å²) in [5.74, 6) is 1.26. The van der Waals surface area contributed by atoms with Crippen molar-refractivity contribution in [3.63, 3.8) is 0 Å². The van der Waals surface area contributed by atoms with E-state index in [4.69, 9.17) is 5.73 Å². The number of amides is 1. The molecule has 1 amide bonds. The lowest BCUT2D eigenvalue weighted by atomic mass is 9.91. The molecule has 0 bridgehead atoms. The molecule has 0 spiro atoms. The van der Waals surface area contributed by atoms with E-state index in [1.807, 2.05) is 35.2 Å². The number of nitrogens with zero attached hydrogens (tertiary/aromatic N) is 1. The number of halogens is 1. The monoisotopic (exact) mass is 296 g/mol. The maximum atomic E-state index is 12.4. The highest BCUT2D eigenvalue weighted by Gasteiger charge is 2.28. The molecule has 2 N–H and O–H groups in total. The van der Waals surface area contributed by atoms with E-state index < -0.39 is 6.04 Å². The zero-order valence-electron chi connectivity index (χ0n) is 12.3. The molecule has 112 valence electrons. The largest absolute Gasteiger partial charge is 0.341 e. The Labute approximate surface area is 127 Å². The minimum absolute atomic E-state index is 0. The van der Waals surface area contributed by atoms with Crippen molar-refractivity contribution in [3.8, 4) is 0 Å². The SMILES string of the molecule is CC1CC(C)CN(C(=O)[C@@H](N)Cc2ccccc2)C1.Cl. The van der Waals surface area contributed by atoms with Gasteiger partial charge in [-0.2, -0.15) is 0 Å². The van der Waals surface area contributed by atoms with Crippen molar-refractivity contribution in [2.45, 2.75) is 32.7 Å². The molecule has 2 rings (SSSR count). The summed E-state index contributed by atoms with van der Waals surface area (Å²) in [7, 11) is 0. The zero-order valence-corrected chi connectivity index (χ0v) is 13.1. The van der Waals surface area contributed by atoms with Gasteiger partial charge in [0.25, 0.3) is 0 Å². The van der Waals surface area contributed by atoms with Crippen LogP contribution in [0.3, 0.4) is 0 Å². The summed E-state index contributed by atoms with van der Waals surface area (Å²) >= 11 is 0. The Bertz CT molecular complexity index is 414. The molecule has 1 aliphatic heterocycles. The molecule has 3 atom stereocenters. The fraction of sp³-hybridized carbons (Fsp3) is 0.562. The Hall–Kier alpha value is -1.06. The van der Waals surface area contributed by atoms with Gasteiger partial charge >= 0.3 is 0 Å². The molecule has 1 aromatic rings.